The van der Waals surface area contributed by atoms with Gasteiger partial charge in [-0.15, -0.1) is 0 Å². The zero-order valence-electron chi connectivity index (χ0n) is 11.6. The molecule has 1 aromatic heterocycles. The number of aliphatic hydroxyl groups is 1. The summed E-state index contributed by atoms with van der Waals surface area (Å²) in [5.74, 6) is -0.0910. The number of aromatic nitrogens is 2. The van der Waals surface area contributed by atoms with E-state index >= 15 is 0 Å². The minimum Gasteiger partial charge on any atom is -0.505 e. The molecule has 1 aliphatic carbocycles. The molecule has 0 radical (unpaired) electrons. The van der Waals surface area contributed by atoms with Crippen molar-refractivity contribution in [1.82, 2.24) is 9.97 Å². The van der Waals surface area contributed by atoms with Crippen LogP contribution in [0.1, 0.15) is 5.69 Å². The predicted octanol–water partition coefficient (Wildman–Crippen LogP) is 2.08. The van der Waals surface area contributed by atoms with Gasteiger partial charge < -0.3 is 16.2 Å². The first-order valence-corrected chi connectivity index (χ1v) is 6.27. The van der Waals surface area contributed by atoms with Crippen molar-refractivity contribution in [2.75, 3.05) is 5.73 Å². The molecular weight excluding hydrogens is 280 g/mol. The van der Waals surface area contributed by atoms with Crippen molar-refractivity contribution in [3.63, 3.8) is 0 Å². The van der Waals surface area contributed by atoms with E-state index in [2.05, 4.69) is 21.5 Å². The Hall–Kier alpha value is -3.35. The smallest absolute Gasteiger partial charge is 0.220 e. The van der Waals surface area contributed by atoms with Crippen molar-refractivity contribution in [2.24, 2.45) is 4.99 Å². The standard InChI is InChI=1S/C15H14N6O/c1-2-12(20-8-16)14(22)10-7-9(3-4-11(10)17)13-5-6-19-15(18)21-13/h2-8,16-17,22H,1H2,(H2,18,19,21)/b14-10-,16-8?,17-11?,20-12+. The highest BCUT2D eigenvalue weighted by Crippen LogP contribution is 2.23. The number of anilines is 1. The van der Waals surface area contributed by atoms with Crippen molar-refractivity contribution < 1.29 is 5.11 Å². The van der Waals surface area contributed by atoms with Crippen LogP contribution in [0, 0.1) is 10.8 Å². The lowest BCUT2D eigenvalue weighted by Crippen LogP contribution is -2.10. The average molecular weight is 294 g/mol. The molecule has 1 heterocycles. The first-order valence-electron chi connectivity index (χ1n) is 6.27. The van der Waals surface area contributed by atoms with Crippen LogP contribution in [-0.4, -0.2) is 32.8 Å². The third-order valence-corrected chi connectivity index (χ3v) is 2.88. The van der Waals surface area contributed by atoms with Gasteiger partial charge in [0.25, 0.3) is 0 Å². The summed E-state index contributed by atoms with van der Waals surface area (Å²) in [6, 6.07) is 1.68. The van der Waals surface area contributed by atoms with Gasteiger partial charge in [0, 0.05) is 17.3 Å². The summed E-state index contributed by atoms with van der Waals surface area (Å²) in [7, 11) is 0. The molecular formula is C15H14N6O. The minimum absolute atomic E-state index is 0.114. The van der Waals surface area contributed by atoms with Crippen molar-refractivity contribution in [3.8, 4) is 0 Å². The van der Waals surface area contributed by atoms with Gasteiger partial charge in [0.15, 0.2) is 5.76 Å². The van der Waals surface area contributed by atoms with Gasteiger partial charge in [0.2, 0.25) is 5.95 Å². The highest BCUT2D eigenvalue weighted by molar-refractivity contribution is 6.20. The Morgan fingerprint density at radius 1 is 1.41 bits per heavy atom. The van der Waals surface area contributed by atoms with Crippen LogP contribution in [0.15, 0.2) is 59.5 Å². The van der Waals surface area contributed by atoms with Crippen molar-refractivity contribution in [3.05, 3.63) is 60.2 Å². The summed E-state index contributed by atoms with van der Waals surface area (Å²) in [5, 5.41) is 25.2. The first kappa shape index (κ1) is 15.0. The molecule has 0 bridgehead atoms. The average Bonchev–Trinajstić information content (AvgIpc) is 2.52. The number of allylic oxidation sites excluding steroid dienone is 6. The molecule has 22 heavy (non-hydrogen) atoms. The maximum Gasteiger partial charge on any atom is 0.220 e. The number of nitrogens with two attached hydrogens (primary N) is 1. The molecule has 0 aromatic carbocycles. The second-order valence-corrected chi connectivity index (χ2v) is 4.26. The number of hydrogen-bond acceptors (Lipinski definition) is 6. The summed E-state index contributed by atoms with van der Waals surface area (Å²) in [4.78, 5) is 11.6. The van der Waals surface area contributed by atoms with Gasteiger partial charge >= 0.3 is 0 Å². The van der Waals surface area contributed by atoms with Crippen LogP contribution in [0.25, 0.3) is 5.57 Å². The van der Waals surface area contributed by atoms with E-state index in [1.54, 1.807) is 18.2 Å². The number of aliphatic imine (C=N–C) groups is 1. The second kappa shape index (κ2) is 6.40. The quantitative estimate of drug-likeness (QED) is 0.384. The zero-order chi connectivity index (χ0) is 16.1. The van der Waals surface area contributed by atoms with Gasteiger partial charge in [-0.1, -0.05) is 12.7 Å². The lowest BCUT2D eigenvalue weighted by molar-refractivity contribution is 0.442. The van der Waals surface area contributed by atoms with Gasteiger partial charge in [-0.2, -0.15) is 0 Å². The lowest BCUT2D eigenvalue weighted by atomic mass is 9.96. The SMILES string of the molecule is C=CC(=N\C=N)/C(O)=C1\C=C(c2ccnc(N)n2)C=CC1=N. The topological polar surface area (TPSA) is 132 Å². The Morgan fingerprint density at radius 3 is 2.82 bits per heavy atom. The fourth-order valence-corrected chi connectivity index (χ4v) is 1.85. The maximum absolute atomic E-state index is 10.3. The number of nitrogens with one attached hydrogen (secondary N) is 2. The number of hydrogen-bond donors (Lipinski definition) is 4. The Balaban J connectivity index is 2.55. The van der Waals surface area contributed by atoms with Crippen LogP contribution in [0.4, 0.5) is 5.95 Å². The van der Waals surface area contributed by atoms with E-state index in [-0.39, 0.29) is 28.7 Å². The molecule has 1 aromatic rings. The fourth-order valence-electron chi connectivity index (χ4n) is 1.85. The molecule has 0 amide bonds. The van der Waals surface area contributed by atoms with Crippen LogP contribution in [0.3, 0.4) is 0 Å². The molecule has 0 saturated carbocycles. The predicted molar refractivity (Wildman–Crippen MR) is 87.4 cm³/mol. The summed E-state index contributed by atoms with van der Waals surface area (Å²) in [5.41, 5.74) is 7.29. The highest BCUT2D eigenvalue weighted by atomic mass is 16.3. The molecule has 0 spiro atoms. The van der Waals surface area contributed by atoms with Crippen LogP contribution >= 0.6 is 0 Å². The molecule has 110 valence electrons. The van der Waals surface area contributed by atoms with E-state index in [1.807, 2.05) is 0 Å². The van der Waals surface area contributed by atoms with Crippen molar-refractivity contribution in [1.29, 1.82) is 10.8 Å². The van der Waals surface area contributed by atoms with Crippen LogP contribution in [-0.2, 0) is 0 Å². The summed E-state index contributed by atoms with van der Waals surface area (Å²) in [6.07, 6.45) is 8.47. The molecule has 0 aliphatic heterocycles. The number of aliphatic hydroxyl groups excluding tert-OH is 1. The molecule has 0 saturated heterocycles. The fraction of sp³-hybridized carbons (Fsp3) is 0. The largest absolute Gasteiger partial charge is 0.505 e. The molecule has 0 fully saturated rings. The number of nitrogens with zero attached hydrogens (tertiary/aromatic N) is 3. The van der Waals surface area contributed by atoms with Crippen molar-refractivity contribution in [2.45, 2.75) is 0 Å². The molecule has 7 heteroatoms. The molecule has 2 rings (SSSR count). The van der Waals surface area contributed by atoms with Crippen LogP contribution in [0.5, 0.6) is 0 Å². The normalized spacial score (nSPS) is 17.0. The molecule has 1 aliphatic rings. The van der Waals surface area contributed by atoms with Gasteiger partial charge in [-0.05, 0) is 24.3 Å². The maximum atomic E-state index is 10.3. The third kappa shape index (κ3) is 3.04. The van der Waals surface area contributed by atoms with E-state index in [0.717, 1.165) is 6.34 Å². The van der Waals surface area contributed by atoms with Crippen LogP contribution in [0.2, 0.25) is 0 Å². The van der Waals surface area contributed by atoms with E-state index in [9.17, 15) is 5.11 Å². The Morgan fingerprint density at radius 2 is 2.18 bits per heavy atom. The summed E-state index contributed by atoms with van der Waals surface area (Å²) in [6.45, 7) is 3.53. The monoisotopic (exact) mass is 294 g/mol. The lowest BCUT2D eigenvalue weighted by Gasteiger charge is -2.12. The van der Waals surface area contributed by atoms with E-state index in [0.29, 0.717) is 11.3 Å². The third-order valence-electron chi connectivity index (χ3n) is 2.88. The minimum atomic E-state index is -0.229. The second-order valence-electron chi connectivity index (χ2n) is 4.26. The van der Waals surface area contributed by atoms with Gasteiger partial charge in [0.05, 0.1) is 11.4 Å². The number of nitrogen functional groups attached to an aromatic ring is 1. The van der Waals surface area contributed by atoms with E-state index < -0.39 is 0 Å². The first-order chi connectivity index (χ1) is 10.6. The van der Waals surface area contributed by atoms with Gasteiger partial charge in [-0.3, -0.25) is 5.41 Å². The Labute approximate surface area is 127 Å². The molecule has 0 atom stereocenters. The van der Waals surface area contributed by atoms with Gasteiger partial charge in [0.1, 0.15) is 12.1 Å². The summed E-state index contributed by atoms with van der Waals surface area (Å²) < 4.78 is 0. The van der Waals surface area contributed by atoms with Crippen molar-refractivity contribution >= 4 is 29.3 Å². The van der Waals surface area contributed by atoms with E-state index in [4.69, 9.17) is 16.6 Å². The Bertz CT molecular complexity index is 770. The molecule has 7 nitrogen and oxygen atoms in total. The Kier molecular flexibility index (Phi) is 4.38. The van der Waals surface area contributed by atoms with Gasteiger partial charge in [-0.25, -0.2) is 15.0 Å². The highest BCUT2D eigenvalue weighted by Gasteiger charge is 2.16. The molecule has 0 unspecified atom stereocenters. The summed E-state index contributed by atoms with van der Waals surface area (Å²) >= 11 is 0. The van der Waals surface area contributed by atoms with Crippen LogP contribution < -0.4 is 5.73 Å². The number of rotatable bonds is 4. The zero-order valence-corrected chi connectivity index (χ0v) is 11.6. The van der Waals surface area contributed by atoms with E-state index in [1.165, 1.54) is 18.3 Å². The molecule has 5 N–H and O–H groups in total.